The molecule has 0 radical (unpaired) electrons. The molecular formula is C14H18N4O2. The quantitative estimate of drug-likeness (QED) is 0.647. The average Bonchev–Trinajstić information content (AvgIpc) is 2.81. The minimum Gasteiger partial charge on any atom is -0.358 e. The maximum Gasteiger partial charge on any atom is 0.384 e. The molecule has 1 heterocycles. The van der Waals surface area contributed by atoms with Gasteiger partial charge in [0.25, 0.3) is 0 Å². The van der Waals surface area contributed by atoms with E-state index in [1.165, 1.54) is 6.33 Å². The van der Waals surface area contributed by atoms with Crippen LogP contribution in [-0.4, -0.2) is 21.0 Å². The standard InChI is InChI=1S/C14H18N4O2/c1-3-15-12(11-7-5-4-6-8-11)9-13-14(18(19)20)16-10-17(13)2/h4-8,10,12,15H,3,9H2,1-2H3. The molecule has 2 aromatic rings. The third kappa shape index (κ3) is 3.03. The predicted molar refractivity (Wildman–Crippen MR) is 76.4 cm³/mol. The van der Waals surface area contributed by atoms with E-state index in [1.807, 2.05) is 37.3 Å². The highest BCUT2D eigenvalue weighted by Gasteiger charge is 2.23. The van der Waals surface area contributed by atoms with Gasteiger partial charge in [0.1, 0.15) is 5.69 Å². The van der Waals surface area contributed by atoms with E-state index < -0.39 is 4.92 Å². The summed E-state index contributed by atoms with van der Waals surface area (Å²) in [5.41, 5.74) is 1.75. The summed E-state index contributed by atoms with van der Waals surface area (Å²) in [6.45, 7) is 2.82. The molecule has 106 valence electrons. The molecule has 20 heavy (non-hydrogen) atoms. The molecule has 1 unspecified atom stereocenters. The van der Waals surface area contributed by atoms with Gasteiger partial charge in [0.2, 0.25) is 6.33 Å². The van der Waals surface area contributed by atoms with Crippen molar-refractivity contribution in [3.05, 3.63) is 58.0 Å². The SMILES string of the molecule is CCNC(Cc1c([N+](=O)[O-])ncn1C)c1ccccc1. The van der Waals surface area contributed by atoms with Crippen molar-refractivity contribution >= 4 is 5.82 Å². The van der Waals surface area contributed by atoms with Gasteiger partial charge in [-0.15, -0.1) is 0 Å². The number of nitro groups is 1. The number of hydrogen-bond acceptors (Lipinski definition) is 4. The number of nitrogens with zero attached hydrogens (tertiary/aromatic N) is 3. The van der Waals surface area contributed by atoms with Crippen molar-refractivity contribution in [3.63, 3.8) is 0 Å². The van der Waals surface area contributed by atoms with Crippen LogP contribution in [0.3, 0.4) is 0 Å². The molecule has 1 atom stereocenters. The Morgan fingerprint density at radius 3 is 2.70 bits per heavy atom. The van der Waals surface area contributed by atoms with Crippen molar-refractivity contribution in [2.24, 2.45) is 7.05 Å². The molecule has 0 aliphatic carbocycles. The van der Waals surface area contributed by atoms with Crippen LogP contribution in [0.4, 0.5) is 5.82 Å². The zero-order chi connectivity index (χ0) is 14.5. The molecule has 6 nitrogen and oxygen atoms in total. The lowest BCUT2D eigenvalue weighted by atomic mass is 10.0. The molecule has 0 aliphatic heterocycles. The third-order valence-corrected chi connectivity index (χ3v) is 3.26. The fourth-order valence-electron chi connectivity index (χ4n) is 2.26. The van der Waals surface area contributed by atoms with Crippen LogP contribution in [0, 0.1) is 10.1 Å². The number of hydrogen-bond donors (Lipinski definition) is 1. The van der Waals surface area contributed by atoms with E-state index in [1.54, 1.807) is 11.6 Å². The predicted octanol–water partition coefficient (Wildman–Crippen LogP) is 2.22. The molecule has 0 spiro atoms. The van der Waals surface area contributed by atoms with Gasteiger partial charge < -0.3 is 20.0 Å². The van der Waals surface area contributed by atoms with Crippen molar-refractivity contribution in [2.75, 3.05) is 6.54 Å². The van der Waals surface area contributed by atoms with Crippen LogP contribution in [0.15, 0.2) is 36.7 Å². The fraction of sp³-hybridized carbons (Fsp3) is 0.357. The summed E-state index contributed by atoms with van der Waals surface area (Å²) in [6, 6.07) is 9.98. The number of likely N-dealkylation sites (N-methyl/N-ethyl adjacent to an activating group) is 1. The van der Waals surface area contributed by atoms with Crippen molar-refractivity contribution in [2.45, 2.75) is 19.4 Å². The number of benzene rings is 1. The highest BCUT2D eigenvalue weighted by atomic mass is 16.6. The minimum atomic E-state index is -0.427. The maximum absolute atomic E-state index is 11.0. The molecule has 0 amide bonds. The lowest BCUT2D eigenvalue weighted by Gasteiger charge is -2.18. The van der Waals surface area contributed by atoms with Crippen molar-refractivity contribution in [1.82, 2.24) is 14.9 Å². The first-order valence-corrected chi connectivity index (χ1v) is 6.56. The van der Waals surface area contributed by atoms with E-state index in [0.29, 0.717) is 12.1 Å². The normalized spacial score (nSPS) is 12.3. The smallest absolute Gasteiger partial charge is 0.358 e. The zero-order valence-corrected chi connectivity index (χ0v) is 11.6. The van der Waals surface area contributed by atoms with Gasteiger partial charge in [-0.3, -0.25) is 0 Å². The van der Waals surface area contributed by atoms with Crippen molar-refractivity contribution in [3.8, 4) is 0 Å². The van der Waals surface area contributed by atoms with E-state index in [9.17, 15) is 10.1 Å². The van der Waals surface area contributed by atoms with E-state index in [0.717, 1.165) is 12.1 Å². The number of nitrogens with one attached hydrogen (secondary N) is 1. The van der Waals surface area contributed by atoms with Gasteiger partial charge in [-0.05, 0) is 22.0 Å². The summed E-state index contributed by atoms with van der Waals surface area (Å²) in [5.74, 6) is -0.0636. The highest BCUT2D eigenvalue weighted by molar-refractivity contribution is 5.30. The Kier molecular flexibility index (Phi) is 4.47. The first-order chi connectivity index (χ1) is 9.63. The van der Waals surface area contributed by atoms with Crippen molar-refractivity contribution < 1.29 is 4.92 Å². The van der Waals surface area contributed by atoms with E-state index in [2.05, 4.69) is 10.3 Å². The summed E-state index contributed by atoms with van der Waals surface area (Å²) < 4.78 is 1.71. The largest absolute Gasteiger partial charge is 0.384 e. The number of aryl methyl sites for hydroxylation is 1. The molecule has 1 aromatic carbocycles. The molecule has 2 rings (SSSR count). The zero-order valence-electron chi connectivity index (χ0n) is 11.6. The Bertz CT molecular complexity index is 580. The van der Waals surface area contributed by atoms with Crippen LogP contribution in [0.5, 0.6) is 0 Å². The molecular weight excluding hydrogens is 256 g/mol. The van der Waals surface area contributed by atoms with Gasteiger partial charge in [-0.1, -0.05) is 37.3 Å². The van der Waals surface area contributed by atoms with Gasteiger partial charge in [0, 0.05) is 19.5 Å². The lowest BCUT2D eigenvalue weighted by molar-refractivity contribution is -0.390. The van der Waals surface area contributed by atoms with Gasteiger partial charge in [0.05, 0.1) is 0 Å². The van der Waals surface area contributed by atoms with Gasteiger partial charge in [-0.2, -0.15) is 0 Å². The molecule has 0 bridgehead atoms. The molecule has 1 aromatic heterocycles. The summed E-state index contributed by atoms with van der Waals surface area (Å²) in [6.07, 6.45) is 2.02. The van der Waals surface area contributed by atoms with Crippen molar-refractivity contribution in [1.29, 1.82) is 0 Å². The van der Waals surface area contributed by atoms with Crippen LogP contribution >= 0.6 is 0 Å². The maximum atomic E-state index is 11.0. The average molecular weight is 274 g/mol. The topological polar surface area (TPSA) is 73.0 Å². The molecule has 0 aliphatic rings. The minimum absolute atomic E-state index is 0.0373. The second-order valence-electron chi connectivity index (χ2n) is 4.61. The van der Waals surface area contributed by atoms with E-state index >= 15 is 0 Å². The third-order valence-electron chi connectivity index (χ3n) is 3.26. The second kappa shape index (κ2) is 6.29. The Morgan fingerprint density at radius 2 is 2.10 bits per heavy atom. The van der Waals surface area contributed by atoms with Gasteiger partial charge in [0.15, 0.2) is 0 Å². The number of rotatable bonds is 6. The van der Waals surface area contributed by atoms with Crippen LogP contribution in [0.2, 0.25) is 0 Å². The highest BCUT2D eigenvalue weighted by Crippen LogP contribution is 2.23. The van der Waals surface area contributed by atoms with E-state index in [-0.39, 0.29) is 11.9 Å². The Balaban J connectivity index is 2.29. The number of imidazole rings is 1. The summed E-state index contributed by atoms with van der Waals surface area (Å²) >= 11 is 0. The Labute approximate surface area is 117 Å². The second-order valence-corrected chi connectivity index (χ2v) is 4.61. The molecule has 0 saturated heterocycles. The summed E-state index contributed by atoms with van der Waals surface area (Å²) in [5, 5.41) is 14.4. The first-order valence-electron chi connectivity index (χ1n) is 6.56. The first kappa shape index (κ1) is 14.2. The fourth-order valence-corrected chi connectivity index (χ4v) is 2.26. The lowest BCUT2D eigenvalue weighted by Crippen LogP contribution is -2.24. The summed E-state index contributed by atoms with van der Waals surface area (Å²) in [7, 11) is 1.78. The van der Waals surface area contributed by atoms with E-state index in [4.69, 9.17) is 0 Å². The molecule has 0 saturated carbocycles. The van der Waals surface area contributed by atoms with Crippen LogP contribution in [0.25, 0.3) is 0 Å². The van der Waals surface area contributed by atoms with Crippen LogP contribution in [0.1, 0.15) is 24.2 Å². The number of aromatic nitrogens is 2. The molecule has 0 fully saturated rings. The Morgan fingerprint density at radius 1 is 1.40 bits per heavy atom. The van der Waals surface area contributed by atoms with Gasteiger partial charge >= 0.3 is 5.82 Å². The van der Waals surface area contributed by atoms with Crippen LogP contribution < -0.4 is 5.32 Å². The molecule has 1 N–H and O–H groups in total. The molecule has 6 heteroatoms. The van der Waals surface area contributed by atoms with Crippen LogP contribution in [-0.2, 0) is 13.5 Å². The van der Waals surface area contributed by atoms with Gasteiger partial charge in [-0.25, -0.2) is 0 Å². The monoisotopic (exact) mass is 274 g/mol. The Hall–Kier alpha value is -2.21. The summed E-state index contributed by atoms with van der Waals surface area (Å²) in [4.78, 5) is 14.5.